The first-order valence-electron chi connectivity index (χ1n) is 7.32. The van der Waals surface area contributed by atoms with E-state index in [1.54, 1.807) is 19.9 Å². The van der Waals surface area contributed by atoms with Crippen LogP contribution in [-0.4, -0.2) is 34.7 Å². The standard InChI is InChI=1S/C15H22F3N3/c1-11(2)21(10-15(16,17)18)9-14-5-3-4-13(20-14)8-19-12-6-7-12/h3-5,11-12,19H,6-10H2,1-2H3. The summed E-state index contributed by atoms with van der Waals surface area (Å²) >= 11 is 0. The number of halogens is 3. The molecule has 1 saturated carbocycles. The van der Waals surface area contributed by atoms with E-state index >= 15 is 0 Å². The van der Waals surface area contributed by atoms with Gasteiger partial charge in [-0.1, -0.05) is 6.07 Å². The van der Waals surface area contributed by atoms with Crippen LogP contribution in [0.3, 0.4) is 0 Å². The predicted molar refractivity (Wildman–Crippen MR) is 75.7 cm³/mol. The average molecular weight is 301 g/mol. The molecule has 1 aliphatic rings. The summed E-state index contributed by atoms with van der Waals surface area (Å²) in [5.74, 6) is 0. The third-order valence-electron chi connectivity index (χ3n) is 3.49. The first-order valence-corrected chi connectivity index (χ1v) is 7.32. The van der Waals surface area contributed by atoms with Gasteiger partial charge in [0.2, 0.25) is 0 Å². The topological polar surface area (TPSA) is 28.2 Å². The van der Waals surface area contributed by atoms with Crippen LogP contribution in [0.2, 0.25) is 0 Å². The molecule has 118 valence electrons. The van der Waals surface area contributed by atoms with Crippen LogP contribution in [0.25, 0.3) is 0 Å². The van der Waals surface area contributed by atoms with Gasteiger partial charge in [0.25, 0.3) is 0 Å². The number of nitrogens with one attached hydrogen (secondary N) is 1. The quantitative estimate of drug-likeness (QED) is 0.839. The third-order valence-corrected chi connectivity index (χ3v) is 3.49. The molecule has 0 aliphatic heterocycles. The van der Waals surface area contributed by atoms with Gasteiger partial charge < -0.3 is 5.32 Å². The number of alkyl halides is 3. The highest BCUT2D eigenvalue weighted by Gasteiger charge is 2.31. The molecule has 0 saturated heterocycles. The van der Waals surface area contributed by atoms with Crippen molar-refractivity contribution in [2.75, 3.05) is 6.54 Å². The molecule has 2 rings (SSSR count). The minimum Gasteiger partial charge on any atom is -0.308 e. The lowest BCUT2D eigenvalue weighted by molar-refractivity contribution is -0.151. The van der Waals surface area contributed by atoms with Crippen molar-refractivity contribution in [3.8, 4) is 0 Å². The van der Waals surface area contributed by atoms with Crippen LogP contribution in [0.4, 0.5) is 13.2 Å². The lowest BCUT2D eigenvalue weighted by atomic mass is 10.2. The molecule has 0 radical (unpaired) electrons. The van der Waals surface area contributed by atoms with Gasteiger partial charge in [0.1, 0.15) is 0 Å². The van der Waals surface area contributed by atoms with Crippen molar-refractivity contribution in [3.63, 3.8) is 0 Å². The van der Waals surface area contributed by atoms with Crippen LogP contribution in [0.15, 0.2) is 18.2 Å². The van der Waals surface area contributed by atoms with E-state index in [2.05, 4.69) is 10.3 Å². The Morgan fingerprint density at radius 1 is 1.29 bits per heavy atom. The van der Waals surface area contributed by atoms with Gasteiger partial charge in [-0.05, 0) is 38.8 Å². The molecule has 1 fully saturated rings. The van der Waals surface area contributed by atoms with Crippen LogP contribution in [0.1, 0.15) is 38.1 Å². The highest BCUT2D eigenvalue weighted by atomic mass is 19.4. The summed E-state index contributed by atoms with van der Waals surface area (Å²) in [6.07, 6.45) is -1.78. The molecule has 3 nitrogen and oxygen atoms in total. The number of pyridine rings is 1. The van der Waals surface area contributed by atoms with Crippen LogP contribution in [0, 0.1) is 0 Å². The Balaban J connectivity index is 1.96. The van der Waals surface area contributed by atoms with E-state index in [4.69, 9.17) is 0 Å². The maximum atomic E-state index is 12.6. The van der Waals surface area contributed by atoms with Gasteiger partial charge in [-0.3, -0.25) is 9.88 Å². The summed E-state index contributed by atoms with van der Waals surface area (Å²) in [5.41, 5.74) is 1.57. The zero-order valence-electron chi connectivity index (χ0n) is 12.5. The summed E-state index contributed by atoms with van der Waals surface area (Å²) in [7, 11) is 0. The normalized spacial score (nSPS) is 16.0. The molecule has 1 heterocycles. The summed E-state index contributed by atoms with van der Waals surface area (Å²) in [4.78, 5) is 5.84. The van der Waals surface area contributed by atoms with Crippen molar-refractivity contribution < 1.29 is 13.2 Å². The summed E-state index contributed by atoms with van der Waals surface area (Å²) in [6.45, 7) is 3.53. The van der Waals surface area contributed by atoms with Gasteiger partial charge in [-0.2, -0.15) is 13.2 Å². The Labute approximate surface area is 123 Å². The van der Waals surface area contributed by atoms with E-state index < -0.39 is 12.7 Å². The maximum absolute atomic E-state index is 12.6. The monoisotopic (exact) mass is 301 g/mol. The minimum absolute atomic E-state index is 0.179. The second kappa shape index (κ2) is 6.75. The summed E-state index contributed by atoms with van der Waals surface area (Å²) in [6, 6.07) is 5.96. The van der Waals surface area contributed by atoms with Crippen molar-refractivity contribution in [2.45, 2.75) is 58.0 Å². The highest BCUT2D eigenvalue weighted by Crippen LogP contribution is 2.20. The average Bonchev–Trinajstić information content (AvgIpc) is 3.18. The van der Waals surface area contributed by atoms with Gasteiger partial charge >= 0.3 is 6.18 Å². The number of nitrogens with zero attached hydrogens (tertiary/aromatic N) is 2. The van der Waals surface area contributed by atoms with Gasteiger partial charge in [0, 0.05) is 25.2 Å². The first-order chi connectivity index (χ1) is 9.83. The lowest BCUT2D eigenvalue weighted by Gasteiger charge is -2.27. The smallest absolute Gasteiger partial charge is 0.308 e. The maximum Gasteiger partial charge on any atom is 0.401 e. The summed E-state index contributed by atoms with van der Waals surface area (Å²) in [5, 5.41) is 3.36. The molecule has 6 heteroatoms. The molecule has 1 aliphatic carbocycles. The van der Waals surface area contributed by atoms with Crippen molar-refractivity contribution in [3.05, 3.63) is 29.6 Å². The Morgan fingerprint density at radius 3 is 2.52 bits per heavy atom. The SMILES string of the molecule is CC(C)N(Cc1cccc(CNC2CC2)n1)CC(F)(F)F. The van der Waals surface area contributed by atoms with Crippen LogP contribution in [-0.2, 0) is 13.1 Å². The largest absolute Gasteiger partial charge is 0.401 e. The molecule has 0 amide bonds. The zero-order valence-corrected chi connectivity index (χ0v) is 12.5. The second-order valence-corrected chi connectivity index (χ2v) is 5.89. The molecule has 0 atom stereocenters. The zero-order chi connectivity index (χ0) is 15.5. The van der Waals surface area contributed by atoms with E-state index in [0.29, 0.717) is 18.3 Å². The molecule has 0 spiro atoms. The first kappa shape index (κ1) is 16.2. The van der Waals surface area contributed by atoms with E-state index in [0.717, 1.165) is 5.69 Å². The second-order valence-electron chi connectivity index (χ2n) is 5.89. The third kappa shape index (κ3) is 6.01. The summed E-state index contributed by atoms with van der Waals surface area (Å²) < 4.78 is 37.8. The van der Waals surface area contributed by atoms with E-state index in [1.807, 2.05) is 12.1 Å². The molecular weight excluding hydrogens is 279 g/mol. The van der Waals surface area contributed by atoms with Crippen molar-refractivity contribution >= 4 is 0 Å². The molecule has 0 unspecified atom stereocenters. The fourth-order valence-corrected chi connectivity index (χ4v) is 2.11. The minimum atomic E-state index is -4.19. The molecule has 1 aromatic heterocycles. The van der Waals surface area contributed by atoms with Gasteiger partial charge in [-0.25, -0.2) is 0 Å². The van der Waals surface area contributed by atoms with E-state index in [1.165, 1.54) is 17.7 Å². The number of hydrogen-bond acceptors (Lipinski definition) is 3. The molecule has 1 aromatic rings. The lowest BCUT2D eigenvalue weighted by Crippen LogP contribution is -2.38. The Morgan fingerprint density at radius 2 is 1.95 bits per heavy atom. The van der Waals surface area contributed by atoms with Gasteiger partial charge in [0.05, 0.1) is 17.9 Å². The van der Waals surface area contributed by atoms with Crippen LogP contribution >= 0.6 is 0 Å². The molecule has 21 heavy (non-hydrogen) atoms. The molecular formula is C15H22F3N3. The van der Waals surface area contributed by atoms with E-state index in [-0.39, 0.29) is 12.6 Å². The van der Waals surface area contributed by atoms with Gasteiger partial charge in [0.15, 0.2) is 0 Å². The van der Waals surface area contributed by atoms with Crippen LogP contribution in [0.5, 0.6) is 0 Å². The Hall–Kier alpha value is -1.14. The Bertz CT molecular complexity index is 456. The van der Waals surface area contributed by atoms with Gasteiger partial charge in [-0.15, -0.1) is 0 Å². The number of hydrogen-bond donors (Lipinski definition) is 1. The highest BCUT2D eigenvalue weighted by molar-refractivity contribution is 5.11. The molecule has 0 aromatic carbocycles. The Kier molecular flexibility index (Phi) is 5.22. The predicted octanol–water partition coefficient (Wildman–Crippen LogP) is 3.11. The molecule has 1 N–H and O–H groups in total. The molecule has 0 bridgehead atoms. The fourth-order valence-electron chi connectivity index (χ4n) is 2.11. The number of aromatic nitrogens is 1. The fraction of sp³-hybridized carbons (Fsp3) is 0.667. The van der Waals surface area contributed by atoms with Crippen molar-refractivity contribution in [1.82, 2.24) is 15.2 Å². The van der Waals surface area contributed by atoms with Crippen molar-refractivity contribution in [1.29, 1.82) is 0 Å². The van der Waals surface area contributed by atoms with E-state index in [9.17, 15) is 13.2 Å². The number of rotatable bonds is 7. The van der Waals surface area contributed by atoms with Crippen LogP contribution < -0.4 is 5.32 Å². The van der Waals surface area contributed by atoms with Crippen molar-refractivity contribution in [2.24, 2.45) is 0 Å².